The molecule has 1 aromatic heterocycles. The number of Topliss-reactive ketones (excluding diaryl/α,β-unsaturated/α-hetero) is 1. The first-order valence-electron chi connectivity index (χ1n) is 19.7. The van der Waals surface area contributed by atoms with Gasteiger partial charge in [-0.2, -0.15) is 0 Å². The molecule has 8 rings (SSSR count). The zero-order chi connectivity index (χ0) is 38.4. The highest BCUT2D eigenvalue weighted by Crippen LogP contribution is 2.71. The second-order valence-electron chi connectivity index (χ2n) is 19.0. The topological polar surface area (TPSA) is 121 Å². The van der Waals surface area contributed by atoms with E-state index in [1.165, 1.54) is 11.3 Å². The second-order valence-corrected chi connectivity index (χ2v) is 19.0. The van der Waals surface area contributed by atoms with Crippen molar-refractivity contribution in [2.75, 3.05) is 13.2 Å². The summed E-state index contributed by atoms with van der Waals surface area (Å²) in [6, 6.07) is 1.75. The zero-order valence-electron chi connectivity index (χ0n) is 33.0. The molecule has 2 aliphatic heterocycles. The van der Waals surface area contributed by atoms with Crippen LogP contribution in [0, 0.1) is 28.6 Å². The molecule has 3 heterocycles. The van der Waals surface area contributed by atoms with Crippen molar-refractivity contribution in [3.05, 3.63) is 76.0 Å². The number of aliphatic hydroxyl groups excluding tert-OH is 3. The molecule has 0 radical (unpaired) electrons. The van der Waals surface area contributed by atoms with Crippen LogP contribution in [0.15, 0.2) is 48.1 Å². The lowest BCUT2D eigenvalue weighted by Crippen LogP contribution is -2.62. The van der Waals surface area contributed by atoms with Crippen LogP contribution in [0.25, 0.3) is 16.5 Å². The molecule has 53 heavy (non-hydrogen) atoms. The van der Waals surface area contributed by atoms with Gasteiger partial charge in [0.15, 0.2) is 5.78 Å². The van der Waals surface area contributed by atoms with Gasteiger partial charge >= 0.3 is 0 Å². The van der Waals surface area contributed by atoms with E-state index in [2.05, 4.69) is 83.1 Å². The van der Waals surface area contributed by atoms with E-state index in [1.807, 2.05) is 13.0 Å². The van der Waals surface area contributed by atoms with Gasteiger partial charge in [-0.15, -0.1) is 0 Å². The van der Waals surface area contributed by atoms with Crippen LogP contribution in [-0.2, 0) is 21.4 Å². The van der Waals surface area contributed by atoms with Gasteiger partial charge in [-0.05, 0) is 120 Å². The molecule has 2 fully saturated rings. The predicted molar refractivity (Wildman–Crippen MR) is 208 cm³/mol. The molecular weight excluding hydrogens is 665 g/mol. The van der Waals surface area contributed by atoms with Gasteiger partial charge in [-0.25, -0.2) is 0 Å². The number of carbonyl (C=O) groups excluding carboxylic acids is 2. The van der Waals surface area contributed by atoms with E-state index in [9.17, 15) is 19.8 Å². The summed E-state index contributed by atoms with van der Waals surface area (Å²) < 4.78 is 8.88. The number of amides is 1. The Morgan fingerprint density at radius 2 is 1.81 bits per heavy atom. The Balaban J connectivity index is 1.30. The molecule has 0 spiro atoms. The van der Waals surface area contributed by atoms with Crippen molar-refractivity contribution in [2.24, 2.45) is 28.6 Å². The fourth-order valence-corrected chi connectivity index (χ4v) is 12.9. The number of hydrogen-bond donors (Lipinski definition) is 4. The van der Waals surface area contributed by atoms with Crippen LogP contribution in [0.1, 0.15) is 133 Å². The number of aliphatic hydroxyl groups is 3. The first kappa shape index (κ1) is 36.7. The van der Waals surface area contributed by atoms with E-state index in [0.29, 0.717) is 23.5 Å². The molecule has 6 aliphatic rings. The van der Waals surface area contributed by atoms with Crippen molar-refractivity contribution in [3.8, 4) is 0 Å². The van der Waals surface area contributed by atoms with Crippen LogP contribution in [0.2, 0.25) is 0 Å². The highest BCUT2D eigenvalue weighted by molar-refractivity contribution is 6.18. The lowest BCUT2D eigenvalue weighted by atomic mass is 9.40. The number of allylic oxidation sites excluding steroid dienone is 3. The molecule has 2 aromatic rings. The number of benzene rings is 1. The van der Waals surface area contributed by atoms with Gasteiger partial charge in [0, 0.05) is 45.5 Å². The van der Waals surface area contributed by atoms with Crippen molar-refractivity contribution in [1.29, 1.82) is 0 Å². The van der Waals surface area contributed by atoms with Crippen LogP contribution in [0.5, 0.6) is 0 Å². The molecule has 1 amide bonds. The lowest BCUT2D eigenvalue weighted by Gasteiger charge is -2.64. The van der Waals surface area contributed by atoms with Crippen molar-refractivity contribution < 1.29 is 29.6 Å². The third-order valence-corrected chi connectivity index (χ3v) is 15.2. The quantitative estimate of drug-likeness (QED) is 0.142. The number of fused-ring (bicyclic) bond motifs is 11. The van der Waals surface area contributed by atoms with Gasteiger partial charge in [0.1, 0.15) is 6.04 Å². The third-order valence-electron chi connectivity index (χ3n) is 15.2. The molecule has 4 N–H and O–H groups in total. The molecule has 9 atom stereocenters. The highest BCUT2D eigenvalue weighted by atomic mass is 16.5. The van der Waals surface area contributed by atoms with E-state index in [0.717, 1.165) is 58.9 Å². The summed E-state index contributed by atoms with van der Waals surface area (Å²) in [5.41, 5.74) is 6.15. The van der Waals surface area contributed by atoms with E-state index in [-0.39, 0.29) is 47.5 Å². The maximum absolute atomic E-state index is 14.9. The predicted octanol–water partition coefficient (Wildman–Crippen LogP) is 7.21. The van der Waals surface area contributed by atoms with Crippen molar-refractivity contribution in [3.63, 3.8) is 0 Å². The Bertz CT molecular complexity index is 2080. The van der Waals surface area contributed by atoms with Gasteiger partial charge < -0.3 is 29.9 Å². The highest BCUT2D eigenvalue weighted by Gasteiger charge is 2.67. The normalized spacial score (nSPS) is 37.6. The molecule has 4 aliphatic carbocycles. The number of carbonyl (C=O) groups is 2. The summed E-state index contributed by atoms with van der Waals surface area (Å²) in [6.07, 6.45) is 11.1. The molecule has 8 heteroatoms. The molecule has 0 bridgehead atoms. The number of ether oxygens (including phenoxy) is 1. The number of ketones is 1. The van der Waals surface area contributed by atoms with E-state index < -0.39 is 34.9 Å². The summed E-state index contributed by atoms with van der Waals surface area (Å²) in [7, 11) is 0. The lowest BCUT2D eigenvalue weighted by molar-refractivity contribution is -0.144. The fourth-order valence-electron chi connectivity index (χ4n) is 12.9. The van der Waals surface area contributed by atoms with Crippen LogP contribution in [0.3, 0.4) is 0 Å². The molecule has 284 valence electrons. The third kappa shape index (κ3) is 4.68. The zero-order valence-corrected chi connectivity index (χ0v) is 33.0. The maximum atomic E-state index is 14.9. The van der Waals surface area contributed by atoms with Crippen LogP contribution < -0.4 is 5.32 Å². The van der Waals surface area contributed by atoms with Crippen LogP contribution >= 0.6 is 0 Å². The van der Waals surface area contributed by atoms with Gasteiger partial charge in [0.25, 0.3) is 0 Å². The van der Waals surface area contributed by atoms with Gasteiger partial charge in [-0.1, -0.05) is 51.2 Å². The smallest absolute Gasteiger partial charge is 0.246 e. The number of aromatic nitrogens is 1. The minimum absolute atomic E-state index is 0.0232. The average Bonchev–Trinajstić information content (AvgIpc) is 3.74. The average molecular weight is 723 g/mol. The molecule has 2 saturated carbocycles. The summed E-state index contributed by atoms with van der Waals surface area (Å²) in [4.78, 5) is 27.4. The van der Waals surface area contributed by atoms with Crippen LogP contribution in [-0.4, -0.2) is 62.0 Å². The standard InChI is InChI=1S/C45H58N2O6/c1-23(2)35-38(51)33-32-26(29-22-41(4,5)53-42(6,7)34(29)37(32)50)21-27-28-20-25-13-14-30-43(8,16-11-12-24(3)40(52)46-18-19-48)31(49)15-17-44(30,9)45(25,10)39(28)47(35)36(27)33/h11-12,16,21-22,25,30-31,34-35,37,48-50H,1,13-15,17-20H2,2-10H3,(H,46,52)/b16-11+,24-12+/t25?,30-,31-,34?,35-,37+,43-,44-,45+/m0/s1. The van der Waals surface area contributed by atoms with Gasteiger partial charge in [0.2, 0.25) is 5.91 Å². The van der Waals surface area contributed by atoms with Crippen molar-refractivity contribution in [2.45, 2.75) is 129 Å². The fraction of sp³-hybridized carbons (Fsp3) is 0.600. The minimum atomic E-state index is -0.863. The second kappa shape index (κ2) is 11.6. The molecule has 8 nitrogen and oxygen atoms in total. The van der Waals surface area contributed by atoms with E-state index in [1.54, 1.807) is 13.0 Å². The Labute approximate surface area is 314 Å². The summed E-state index contributed by atoms with van der Waals surface area (Å²) >= 11 is 0. The first-order valence-corrected chi connectivity index (χ1v) is 19.7. The monoisotopic (exact) mass is 722 g/mol. The Morgan fingerprint density at radius 1 is 1.09 bits per heavy atom. The Hall–Kier alpha value is -3.30. The summed E-state index contributed by atoms with van der Waals surface area (Å²) in [6.45, 7) is 23.5. The molecular formula is C45H58N2O6. The number of hydrogen-bond acceptors (Lipinski definition) is 6. The van der Waals surface area contributed by atoms with Crippen LogP contribution in [0.4, 0.5) is 0 Å². The van der Waals surface area contributed by atoms with Crippen molar-refractivity contribution >= 4 is 28.2 Å². The molecule has 0 saturated heterocycles. The Morgan fingerprint density at radius 3 is 2.49 bits per heavy atom. The number of nitrogens with zero attached hydrogens (tertiary/aromatic N) is 1. The van der Waals surface area contributed by atoms with Gasteiger partial charge in [0.05, 0.1) is 41.1 Å². The Kier molecular flexibility index (Phi) is 8.03. The molecule has 2 unspecified atom stereocenters. The summed E-state index contributed by atoms with van der Waals surface area (Å²) in [5.74, 6) is 0.0473. The molecule has 1 aromatic carbocycles. The minimum Gasteiger partial charge on any atom is -0.395 e. The van der Waals surface area contributed by atoms with E-state index in [4.69, 9.17) is 9.84 Å². The van der Waals surface area contributed by atoms with Gasteiger partial charge in [-0.3, -0.25) is 9.59 Å². The number of nitrogens with one attached hydrogen (secondary N) is 1. The first-order chi connectivity index (χ1) is 24.7. The summed E-state index contributed by atoms with van der Waals surface area (Å²) in [5, 5.41) is 36.9. The largest absolute Gasteiger partial charge is 0.395 e. The SMILES string of the molecule is C=C(C)[C@H]1C(=O)c2c3c(cc4c5c(n1c24)[C@@]1(C)C(CC[C@H]2[C@](C)(/C=C/C=C(\C)C(=O)NCCO)[C@@H](O)CC[C@@]21C)C5)C1=CC(C)(C)OC(C)(C)C1[C@@H]3O. The maximum Gasteiger partial charge on any atom is 0.246 e. The number of rotatable bonds is 6. The van der Waals surface area contributed by atoms with Crippen molar-refractivity contribution in [1.82, 2.24) is 9.88 Å². The van der Waals surface area contributed by atoms with E-state index >= 15 is 0 Å².